The number of hydrogen-bond donors (Lipinski definition) is 3. The average Bonchev–Trinajstić information content (AvgIpc) is 2.19. The standard InChI is InChI=1S/C9H20N2O2/c12-8-9(13)2-1-5-11-6-3-10-4-7-11/h9-10,12-13H,1-8H2. The van der Waals surface area contributed by atoms with Crippen LogP contribution in [0.15, 0.2) is 0 Å². The van der Waals surface area contributed by atoms with E-state index in [1.54, 1.807) is 0 Å². The monoisotopic (exact) mass is 188 g/mol. The molecule has 0 saturated carbocycles. The number of rotatable bonds is 5. The van der Waals surface area contributed by atoms with E-state index in [-0.39, 0.29) is 6.61 Å². The summed E-state index contributed by atoms with van der Waals surface area (Å²) in [4.78, 5) is 2.39. The lowest BCUT2D eigenvalue weighted by Crippen LogP contribution is -2.43. The SMILES string of the molecule is OCC(O)CCCN1CCNCC1. The first-order chi connectivity index (χ1) is 6.33. The summed E-state index contributed by atoms with van der Waals surface area (Å²) < 4.78 is 0. The van der Waals surface area contributed by atoms with Crippen LogP contribution in [0.3, 0.4) is 0 Å². The van der Waals surface area contributed by atoms with Gasteiger partial charge in [-0.15, -0.1) is 0 Å². The van der Waals surface area contributed by atoms with Crippen molar-refractivity contribution < 1.29 is 10.2 Å². The van der Waals surface area contributed by atoms with Gasteiger partial charge in [0.15, 0.2) is 0 Å². The highest BCUT2D eigenvalue weighted by molar-refractivity contribution is 4.67. The highest BCUT2D eigenvalue weighted by Crippen LogP contribution is 2.00. The van der Waals surface area contributed by atoms with E-state index < -0.39 is 6.10 Å². The second-order valence-electron chi connectivity index (χ2n) is 3.57. The number of aliphatic hydroxyl groups is 2. The fourth-order valence-electron chi connectivity index (χ4n) is 1.58. The van der Waals surface area contributed by atoms with Crippen LogP contribution in [-0.2, 0) is 0 Å². The van der Waals surface area contributed by atoms with E-state index in [0.717, 1.165) is 39.1 Å². The van der Waals surface area contributed by atoms with Crippen molar-refractivity contribution in [1.82, 2.24) is 10.2 Å². The Balaban J connectivity index is 1.98. The quantitative estimate of drug-likeness (QED) is 0.519. The molecule has 78 valence electrons. The topological polar surface area (TPSA) is 55.7 Å². The molecule has 0 amide bonds. The predicted molar refractivity (Wildman–Crippen MR) is 51.6 cm³/mol. The Kier molecular flexibility index (Phi) is 5.31. The van der Waals surface area contributed by atoms with Crippen LogP contribution in [0.25, 0.3) is 0 Å². The summed E-state index contributed by atoms with van der Waals surface area (Å²) >= 11 is 0. The van der Waals surface area contributed by atoms with Gasteiger partial charge in [0.05, 0.1) is 12.7 Å². The Bertz CT molecular complexity index is 127. The summed E-state index contributed by atoms with van der Waals surface area (Å²) in [5.41, 5.74) is 0. The molecule has 0 aromatic heterocycles. The van der Waals surface area contributed by atoms with Crippen LogP contribution >= 0.6 is 0 Å². The Morgan fingerprint density at radius 2 is 2.00 bits per heavy atom. The van der Waals surface area contributed by atoms with Gasteiger partial charge in [0, 0.05) is 26.2 Å². The molecule has 13 heavy (non-hydrogen) atoms. The van der Waals surface area contributed by atoms with Gasteiger partial charge in [0.25, 0.3) is 0 Å². The van der Waals surface area contributed by atoms with Crippen LogP contribution in [0.1, 0.15) is 12.8 Å². The van der Waals surface area contributed by atoms with E-state index in [1.165, 1.54) is 0 Å². The molecule has 1 rings (SSSR count). The van der Waals surface area contributed by atoms with Crippen LogP contribution < -0.4 is 5.32 Å². The molecule has 0 aromatic rings. The first kappa shape index (κ1) is 10.9. The van der Waals surface area contributed by atoms with E-state index in [9.17, 15) is 0 Å². The number of piperazine rings is 1. The fraction of sp³-hybridized carbons (Fsp3) is 1.00. The predicted octanol–water partition coefficient (Wildman–Crippen LogP) is -0.975. The van der Waals surface area contributed by atoms with Gasteiger partial charge in [-0.2, -0.15) is 0 Å². The molecule has 0 spiro atoms. The van der Waals surface area contributed by atoms with Crippen molar-refractivity contribution >= 4 is 0 Å². The van der Waals surface area contributed by atoms with E-state index in [0.29, 0.717) is 6.42 Å². The molecule has 0 bridgehead atoms. The Morgan fingerprint density at radius 1 is 1.31 bits per heavy atom. The summed E-state index contributed by atoms with van der Waals surface area (Å²) in [6.45, 7) is 5.29. The molecule has 1 heterocycles. The van der Waals surface area contributed by atoms with Gasteiger partial charge < -0.3 is 20.4 Å². The normalized spacial score (nSPS) is 21.7. The molecule has 1 fully saturated rings. The van der Waals surface area contributed by atoms with Crippen molar-refractivity contribution in [1.29, 1.82) is 0 Å². The summed E-state index contributed by atoms with van der Waals surface area (Å²) in [7, 11) is 0. The van der Waals surface area contributed by atoms with Gasteiger partial charge in [0.1, 0.15) is 0 Å². The van der Waals surface area contributed by atoms with Gasteiger partial charge in [-0.1, -0.05) is 0 Å². The molecular formula is C9H20N2O2. The third-order valence-electron chi connectivity index (χ3n) is 2.43. The zero-order valence-electron chi connectivity index (χ0n) is 8.08. The summed E-state index contributed by atoms with van der Waals surface area (Å²) in [6.07, 6.45) is 1.16. The zero-order valence-corrected chi connectivity index (χ0v) is 8.08. The van der Waals surface area contributed by atoms with Crippen molar-refractivity contribution in [3.8, 4) is 0 Å². The molecular weight excluding hydrogens is 168 g/mol. The van der Waals surface area contributed by atoms with E-state index in [4.69, 9.17) is 10.2 Å². The minimum Gasteiger partial charge on any atom is -0.394 e. The zero-order chi connectivity index (χ0) is 9.52. The highest BCUT2D eigenvalue weighted by atomic mass is 16.3. The van der Waals surface area contributed by atoms with Crippen LogP contribution in [0.5, 0.6) is 0 Å². The molecule has 1 unspecified atom stereocenters. The molecule has 1 atom stereocenters. The molecule has 3 N–H and O–H groups in total. The van der Waals surface area contributed by atoms with Crippen LogP contribution in [0.2, 0.25) is 0 Å². The molecule has 4 nitrogen and oxygen atoms in total. The number of nitrogens with zero attached hydrogens (tertiary/aromatic N) is 1. The van der Waals surface area contributed by atoms with Crippen molar-refractivity contribution in [3.63, 3.8) is 0 Å². The second-order valence-corrected chi connectivity index (χ2v) is 3.57. The second kappa shape index (κ2) is 6.32. The minimum atomic E-state index is -0.525. The van der Waals surface area contributed by atoms with Crippen LogP contribution in [0.4, 0.5) is 0 Å². The molecule has 0 aromatic carbocycles. The number of aliphatic hydroxyl groups excluding tert-OH is 2. The Morgan fingerprint density at radius 3 is 2.62 bits per heavy atom. The summed E-state index contributed by atoms with van der Waals surface area (Å²) in [5.74, 6) is 0. The maximum Gasteiger partial charge on any atom is 0.0771 e. The molecule has 4 heteroatoms. The molecule has 1 aliphatic rings. The first-order valence-electron chi connectivity index (χ1n) is 5.05. The molecule has 1 aliphatic heterocycles. The fourth-order valence-corrected chi connectivity index (χ4v) is 1.58. The van der Waals surface area contributed by atoms with Crippen molar-refractivity contribution in [2.24, 2.45) is 0 Å². The Hall–Kier alpha value is -0.160. The third-order valence-corrected chi connectivity index (χ3v) is 2.43. The largest absolute Gasteiger partial charge is 0.394 e. The molecule has 1 saturated heterocycles. The van der Waals surface area contributed by atoms with Crippen molar-refractivity contribution in [2.45, 2.75) is 18.9 Å². The van der Waals surface area contributed by atoms with E-state index >= 15 is 0 Å². The Labute approximate surface area is 79.6 Å². The maximum absolute atomic E-state index is 9.11. The summed E-state index contributed by atoms with van der Waals surface area (Å²) in [6, 6.07) is 0. The third kappa shape index (κ3) is 4.57. The lowest BCUT2D eigenvalue weighted by atomic mass is 10.2. The van der Waals surface area contributed by atoms with Crippen molar-refractivity contribution in [2.75, 3.05) is 39.3 Å². The summed E-state index contributed by atoms with van der Waals surface area (Å²) in [5, 5.41) is 21.0. The lowest BCUT2D eigenvalue weighted by Gasteiger charge is -2.27. The molecule has 0 aliphatic carbocycles. The van der Waals surface area contributed by atoms with Gasteiger partial charge in [-0.05, 0) is 19.4 Å². The van der Waals surface area contributed by atoms with Gasteiger partial charge >= 0.3 is 0 Å². The molecule has 0 radical (unpaired) electrons. The van der Waals surface area contributed by atoms with Crippen LogP contribution in [-0.4, -0.2) is 60.5 Å². The van der Waals surface area contributed by atoms with E-state index in [2.05, 4.69) is 10.2 Å². The number of nitrogens with one attached hydrogen (secondary N) is 1. The minimum absolute atomic E-state index is 0.110. The smallest absolute Gasteiger partial charge is 0.0771 e. The highest BCUT2D eigenvalue weighted by Gasteiger charge is 2.09. The van der Waals surface area contributed by atoms with Gasteiger partial charge in [-0.3, -0.25) is 0 Å². The van der Waals surface area contributed by atoms with Gasteiger partial charge in [-0.25, -0.2) is 0 Å². The lowest BCUT2D eigenvalue weighted by molar-refractivity contribution is 0.0828. The average molecular weight is 188 g/mol. The van der Waals surface area contributed by atoms with Crippen molar-refractivity contribution in [3.05, 3.63) is 0 Å². The van der Waals surface area contributed by atoms with Crippen LogP contribution in [0, 0.1) is 0 Å². The first-order valence-corrected chi connectivity index (χ1v) is 5.05. The maximum atomic E-state index is 9.11. The van der Waals surface area contributed by atoms with Gasteiger partial charge in [0.2, 0.25) is 0 Å². The number of hydrogen-bond acceptors (Lipinski definition) is 4. The van der Waals surface area contributed by atoms with E-state index in [1.807, 2.05) is 0 Å².